The Hall–Kier alpha value is -1.61. The standard InChI is InChI=1S/C14H19N3/c1-11-5-7-12(8-6-11)13-10-17(2)16-14(13)4-3-9-15/h5-8,10H,3-4,9,15H2,1-2H3. The number of hydrogen-bond acceptors (Lipinski definition) is 2. The van der Waals surface area contributed by atoms with Crippen LogP contribution in [0.2, 0.25) is 0 Å². The van der Waals surface area contributed by atoms with Crippen LogP contribution in [0.4, 0.5) is 0 Å². The number of nitrogens with two attached hydrogens (primary N) is 1. The second-order valence-electron chi connectivity index (χ2n) is 4.42. The third-order valence-electron chi connectivity index (χ3n) is 2.89. The van der Waals surface area contributed by atoms with E-state index in [2.05, 4.69) is 42.5 Å². The van der Waals surface area contributed by atoms with Gasteiger partial charge in [-0.15, -0.1) is 0 Å². The zero-order chi connectivity index (χ0) is 12.3. The molecular formula is C14H19N3. The normalized spacial score (nSPS) is 10.8. The number of aromatic nitrogens is 2. The van der Waals surface area contributed by atoms with Gasteiger partial charge in [-0.3, -0.25) is 4.68 Å². The van der Waals surface area contributed by atoms with Crippen molar-refractivity contribution in [1.82, 2.24) is 9.78 Å². The maximum Gasteiger partial charge on any atom is 0.0703 e. The van der Waals surface area contributed by atoms with Crippen LogP contribution in [0.25, 0.3) is 11.1 Å². The fourth-order valence-corrected chi connectivity index (χ4v) is 1.96. The molecule has 1 heterocycles. The van der Waals surface area contributed by atoms with Crippen molar-refractivity contribution in [2.75, 3.05) is 6.54 Å². The molecule has 0 spiro atoms. The zero-order valence-electron chi connectivity index (χ0n) is 10.5. The average molecular weight is 229 g/mol. The minimum absolute atomic E-state index is 0.712. The summed E-state index contributed by atoms with van der Waals surface area (Å²) >= 11 is 0. The van der Waals surface area contributed by atoms with E-state index < -0.39 is 0 Å². The van der Waals surface area contributed by atoms with Gasteiger partial charge in [-0.2, -0.15) is 5.10 Å². The van der Waals surface area contributed by atoms with Gasteiger partial charge in [-0.05, 0) is 31.9 Å². The fourth-order valence-electron chi connectivity index (χ4n) is 1.96. The monoisotopic (exact) mass is 229 g/mol. The molecule has 3 heteroatoms. The third-order valence-corrected chi connectivity index (χ3v) is 2.89. The van der Waals surface area contributed by atoms with E-state index >= 15 is 0 Å². The predicted octanol–water partition coefficient (Wildman–Crippen LogP) is 2.29. The van der Waals surface area contributed by atoms with Crippen LogP contribution in [0, 0.1) is 6.92 Å². The van der Waals surface area contributed by atoms with Crippen LogP contribution >= 0.6 is 0 Å². The molecule has 2 rings (SSSR count). The first-order chi connectivity index (χ1) is 8.20. The summed E-state index contributed by atoms with van der Waals surface area (Å²) in [6.45, 7) is 2.81. The number of benzene rings is 1. The Morgan fingerprint density at radius 2 is 1.94 bits per heavy atom. The minimum Gasteiger partial charge on any atom is -0.330 e. The number of hydrogen-bond donors (Lipinski definition) is 1. The summed E-state index contributed by atoms with van der Waals surface area (Å²) < 4.78 is 1.88. The Morgan fingerprint density at radius 3 is 2.59 bits per heavy atom. The maximum absolute atomic E-state index is 5.56. The molecule has 0 saturated heterocycles. The Labute approximate surface area is 102 Å². The van der Waals surface area contributed by atoms with E-state index in [0.717, 1.165) is 18.5 Å². The van der Waals surface area contributed by atoms with Gasteiger partial charge in [0.2, 0.25) is 0 Å². The van der Waals surface area contributed by atoms with E-state index in [9.17, 15) is 0 Å². The van der Waals surface area contributed by atoms with Crippen molar-refractivity contribution in [3.05, 3.63) is 41.7 Å². The molecule has 17 heavy (non-hydrogen) atoms. The molecule has 0 bridgehead atoms. The van der Waals surface area contributed by atoms with E-state index in [1.54, 1.807) is 0 Å². The summed E-state index contributed by atoms with van der Waals surface area (Å²) in [5.74, 6) is 0. The molecule has 0 atom stereocenters. The lowest BCUT2D eigenvalue weighted by molar-refractivity contribution is 0.723. The van der Waals surface area contributed by atoms with Crippen molar-refractivity contribution in [2.45, 2.75) is 19.8 Å². The second kappa shape index (κ2) is 5.15. The van der Waals surface area contributed by atoms with E-state index in [1.165, 1.54) is 16.7 Å². The van der Waals surface area contributed by atoms with Gasteiger partial charge >= 0.3 is 0 Å². The molecular weight excluding hydrogens is 210 g/mol. The zero-order valence-corrected chi connectivity index (χ0v) is 10.5. The van der Waals surface area contributed by atoms with Crippen molar-refractivity contribution < 1.29 is 0 Å². The number of nitrogens with zero attached hydrogens (tertiary/aromatic N) is 2. The fraction of sp³-hybridized carbons (Fsp3) is 0.357. The lowest BCUT2D eigenvalue weighted by Gasteiger charge is -2.02. The lowest BCUT2D eigenvalue weighted by Crippen LogP contribution is -2.01. The second-order valence-corrected chi connectivity index (χ2v) is 4.42. The van der Waals surface area contributed by atoms with E-state index in [-0.39, 0.29) is 0 Å². The van der Waals surface area contributed by atoms with Crippen molar-refractivity contribution in [3.63, 3.8) is 0 Å². The van der Waals surface area contributed by atoms with Gasteiger partial charge < -0.3 is 5.73 Å². The van der Waals surface area contributed by atoms with Crippen LogP contribution in [0.5, 0.6) is 0 Å². The minimum atomic E-state index is 0.712. The van der Waals surface area contributed by atoms with Gasteiger partial charge in [0.25, 0.3) is 0 Å². The van der Waals surface area contributed by atoms with Crippen LogP contribution in [0.3, 0.4) is 0 Å². The first-order valence-corrected chi connectivity index (χ1v) is 6.00. The van der Waals surface area contributed by atoms with E-state index in [4.69, 9.17) is 5.73 Å². The molecule has 0 aliphatic carbocycles. The summed E-state index contributed by atoms with van der Waals surface area (Å²) in [5, 5.41) is 4.51. The molecule has 90 valence electrons. The Kier molecular flexibility index (Phi) is 3.59. The van der Waals surface area contributed by atoms with Crippen LogP contribution in [-0.4, -0.2) is 16.3 Å². The molecule has 2 N–H and O–H groups in total. The molecule has 0 saturated carbocycles. The molecule has 0 fully saturated rings. The summed E-state index contributed by atoms with van der Waals surface area (Å²) in [6.07, 6.45) is 4.01. The molecule has 1 aromatic carbocycles. The third kappa shape index (κ3) is 2.74. The lowest BCUT2D eigenvalue weighted by atomic mass is 10.0. The average Bonchev–Trinajstić information content (AvgIpc) is 2.69. The number of rotatable bonds is 4. The molecule has 0 aliphatic heterocycles. The molecule has 3 nitrogen and oxygen atoms in total. The van der Waals surface area contributed by atoms with Gasteiger partial charge in [-0.25, -0.2) is 0 Å². The highest BCUT2D eigenvalue weighted by Crippen LogP contribution is 2.23. The molecule has 0 aliphatic rings. The smallest absolute Gasteiger partial charge is 0.0703 e. The summed E-state index contributed by atoms with van der Waals surface area (Å²) in [4.78, 5) is 0. The van der Waals surface area contributed by atoms with Crippen molar-refractivity contribution in [1.29, 1.82) is 0 Å². The molecule has 2 aromatic rings. The van der Waals surface area contributed by atoms with Gasteiger partial charge in [0, 0.05) is 18.8 Å². The summed E-state index contributed by atoms with van der Waals surface area (Å²) in [7, 11) is 1.96. The van der Waals surface area contributed by atoms with E-state index in [1.807, 2.05) is 11.7 Å². The first kappa shape index (κ1) is 11.9. The highest BCUT2D eigenvalue weighted by atomic mass is 15.2. The maximum atomic E-state index is 5.56. The van der Waals surface area contributed by atoms with Crippen molar-refractivity contribution in [3.8, 4) is 11.1 Å². The van der Waals surface area contributed by atoms with Crippen LogP contribution in [-0.2, 0) is 13.5 Å². The topological polar surface area (TPSA) is 43.8 Å². The Bertz CT molecular complexity index is 483. The number of aryl methyl sites for hydroxylation is 3. The van der Waals surface area contributed by atoms with Gasteiger partial charge in [0.1, 0.15) is 0 Å². The summed E-state index contributed by atoms with van der Waals surface area (Å²) in [5.41, 5.74) is 10.4. The van der Waals surface area contributed by atoms with Gasteiger partial charge in [0.15, 0.2) is 0 Å². The molecule has 0 unspecified atom stereocenters. The van der Waals surface area contributed by atoms with Crippen molar-refractivity contribution >= 4 is 0 Å². The van der Waals surface area contributed by atoms with E-state index in [0.29, 0.717) is 6.54 Å². The molecule has 1 aromatic heterocycles. The highest BCUT2D eigenvalue weighted by molar-refractivity contribution is 5.65. The SMILES string of the molecule is Cc1ccc(-c2cn(C)nc2CCCN)cc1. The Balaban J connectivity index is 2.33. The quantitative estimate of drug-likeness (QED) is 0.874. The summed E-state index contributed by atoms with van der Waals surface area (Å²) in [6, 6.07) is 8.57. The van der Waals surface area contributed by atoms with Gasteiger partial charge in [0.05, 0.1) is 5.69 Å². The molecule has 0 radical (unpaired) electrons. The highest BCUT2D eigenvalue weighted by Gasteiger charge is 2.09. The first-order valence-electron chi connectivity index (χ1n) is 6.00. The van der Waals surface area contributed by atoms with Crippen LogP contribution < -0.4 is 5.73 Å². The van der Waals surface area contributed by atoms with Crippen molar-refractivity contribution in [2.24, 2.45) is 12.8 Å². The predicted molar refractivity (Wildman–Crippen MR) is 70.8 cm³/mol. The van der Waals surface area contributed by atoms with Gasteiger partial charge in [-0.1, -0.05) is 29.8 Å². The Morgan fingerprint density at radius 1 is 1.24 bits per heavy atom. The largest absolute Gasteiger partial charge is 0.330 e. The van der Waals surface area contributed by atoms with Crippen LogP contribution in [0.15, 0.2) is 30.5 Å². The van der Waals surface area contributed by atoms with Crippen LogP contribution in [0.1, 0.15) is 17.7 Å². The molecule has 0 amide bonds.